The third-order valence-corrected chi connectivity index (χ3v) is 9.42. The van der Waals surface area contributed by atoms with Gasteiger partial charge in [0.25, 0.3) is 0 Å². The van der Waals surface area contributed by atoms with Gasteiger partial charge in [-0.3, -0.25) is 19.1 Å². The monoisotopic (exact) mass is 432 g/mol. The first-order valence-corrected chi connectivity index (χ1v) is 12.7. The highest BCUT2D eigenvalue weighted by atomic mass is 31.2. The van der Waals surface area contributed by atoms with Crippen molar-refractivity contribution in [2.24, 2.45) is 10.8 Å². The van der Waals surface area contributed by atoms with Crippen molar-refractivity contribution < 1.29 is 27.2 Å². The average Bonchev–Trinajstić information content (AvgIpc) is 2.66. The van der Waals surface area contributed by atoms with E-state index in [0.717, 1.165) is 0 Å². The molecule has 2 saturated heterocycles. The van der Waals surface area contributed by atoms with Gasteiger partial charge in [-0.25, -0.2) is 0 Å². The molecule has 0 spiro atoms. The summed E-state index contributed by atoms with van der Waals surface area (Å²) in [6.07, 6.45) is 3.06. The zero-order valence-electron chi connectivity index (χ0n) is 17.4. The molecule has 3 rings (SSSR count). The first kappa shape index (κ1) is 22.1. The van der Waals surface area contributed by atoms with E-state index in [1.165, 1.54) is 12.4 Å². The van der Waals surface area contributed by atoms with E-state index in [0.29, 0.717) is 37.8 Å². The Bertz CT molecular complexity index is 716. The quantitative estimate of drug-likeness (QED) is 0.604. The summed E-state index contributed by atoms with van der Waals surface area (Å²) in [6.45, 7) is 13.0. The zero-order chi connectivity index (χ0) is 20.8. The molecule has 3 heterocycles. The maximum Gasteiger partial charge on any atom is 0.339 e. The maximum atomic E-state index is 13.0. The lowest BCUT2D eigenvalue weighted by Gasteiger charge is -2.36. The molecule has 2 fully saturated rings. The van der Waals surface area contributed by atoms with Gasteiger partial charge in [-0.2, -0.15) is 0 Å². The summed E-state index contributed by atoms with van der Waals surface area (Å²) in [5, 5.41) is 0. The molecule has 0 aromatic carbocycles. The van der Waals surface area contributed by atoms with Crippen molar-refractivity contribution >= 4 is 15.2 Å². The molecule has 28 heavy (non-hydrogen) atoms. The van der Waals surface area contributed by atoms with Gasteiger partial charge >= 0.3 is 15.2 Å². The summed E-state index contributed by atoms with van der Waals surface area (Å²) in [7, 11) is -6.61. The molecule has 0 bridgehead atoms. The Hall–Kier alpha value is -0.620. The van der Waals surface area contributed by atoms with Gasteiger partial charge < -0.3 is 18.1 Å². The highest BCUT2D eigenvalue weighted by Crippen LogP contribution is 2.65. The fourth-order valence-corrected chi connectivity index (χ4v) is 6.84. The molecule has 0 N–H and O–H groups in total. The molecular weight excluding hydrogens is 402 g/mol. The fraction of sp³-hybridized carbons (Fsp3) is 0.778. The van der Waals surface area contributed by atoms with Crippen LogP contribution in [0.5, 0.6) is 0 Å². The number of hydrogen-bond donors (Lipinski definition) is 0. The van der Waals surface area contributed by atoms with Crippen LogP contribution < -0.4 is 0 Å². The molecule has 0 saturated carbocycles. The lowest BCUT2D eigenvalue weighted by atomic mass is 9.97. The summed E-state index contributed by atoms with van der Waals surface area (Å²) >= 11 is 0. The van der Waals surface area contributed by atoms with Crippen molar-refractivity contribution in [3.05, 3.63) is 23.8 Å². The van der Waals surface area contributed by atoms with Crippen LogP contribution in [0.1, 0.15) is 64.2 Å². The first-order valence-electron chi connectivity index (χ1n) is 9.45. The summed E-state index contributed by atoms with van der Waals surface area (Å²) in [4.78, 5) is 8.77. The molecule has 0 amide bonds. The van der Waals surface area contributed by atoms with Crippen molar-refractivity contribution in [2.45, 2.75) is 52.9 Å². The second-order valence-corrected chi connectivity index (χ2v) is 14.0. The SMILES string of the molecule is CC(c1cnc(C(C)P2(=O)OCC(C)(C)CO2)cn1)P1(=O)OCC(C)(C)CO1. The lowest BCUT2D eigenvalue weighted by molar-refractivity contribution is 0.0379. The van der Waals surface area contributed by atoms with Crippen LogP contribution in [-0.4, -0.2) is 36.4 Å². The minimum absolute atomic E-state index is 0.167. The smallest absolute Gasteiger partial charge is 0.307 e. The Morgan fingerprint density at radius 1 is 0.750 bits per heavy atom. The van der Waals surface area contributed by atoms with Crippen molar-refractivity contribution in [1.29, 1.82) is 0 Å². The van der Waals surface area contributed by atoms with Crippen LogP contribution in [0.15, 0.2) is 12.4 Å². The van der Waals surface area contributed by atoms with Gasteiger partial charge in [-0.05, 0) is 13.8 Å². The number of nitrogens with zero attached hydrogens (tertiary/aromatic N) is 2. The van der Waals surface area contributed by atoms with Crippen LogP contribution in [0.4, 0.5) is 0 Å². The van der Waals surface area contributed by atoms with Gasteiger partial charge in [0.1, 0.15) is 11.3 Å². The predicted molar refractivity (Wildman–Crippen MR) is 105 cm³/mol. The van der Waals surface area contributed by atoms with Crippen LogP contribution in [0, 0.1) is 10.8 Å². The van der Waals surface area contributed by atoms with Crippen molar-refractivity contribution in [3.8, 4) is 0 Å². The summed E-state index contributed by atoms with van der Waals surface area (Å²) in [6, 6.07) is 0. The average molecular weight is 432 g/mol. The minimum atomic E-state index is -3.31. The van der Waals surface area contributed by atoms with Crippen molar-refractivity contribution in [3.63, 3.8) is 0 Å². The third-order valence-electron chi connectivity index (χ3n) is 5.04. The molecule has 8 nitrogen and oxygen atoms in total. The second-order valence-electron chi connectivity index (χ2n) is 9.22. The Kier molecular flexibility index (Phi) is 5.97. The van der Waals surface area contributed by atoms with E-state index in [1.54, 1.807) is 13.8 Å². The van der Waals surface area contributed by atoms with E-state index in [-0.39, 0.29) is 10.8 Å². The molecule has 1 aromatic heterocycles. The van der Waals surface area contributed by atoms with E-state index in [9.17, 15) is 9.13 Å². The van der Waals surface area contributed by atoms with E-state index in [1.807, 2.05) is 27.7 Å². The highest BCUT2D eigenvalue weighted by Gasteiger charge is 2.44. The summed E-state index contributed by atoms with van der Waals surface area (Å²) in [5.74, 6) is 0. The Morgan fingerprint density at radius 3 is 1.29 bits per heavy atom. The van der Waals surface area contributed by atoms with Crippen LogP contribution in [0.2, 0.25) is 0 Å². The van der Waals surface area contributed by atoms with Gasteiger partial charge in [0, 0.05) is 23.2 Å². The second kappa shape index (κ2) is 7.57. The Labute approximate surface area is 166 Å². The van der Waals surface area contributed by atoms with Gasteiger partial charge in [0.15, 0.2) is 0 Å². The van der Waals surface area contributed by atoms with Crippen LogP contribution in [0.25, 0.3) is 0 Å². The first-order chi connectivity index (χ1) is 12.9. The molecule has 0 radical (unpaired) electrons. The van der Waals surface area contributed by atoms with E-state index in [4.69, 9.17) is 18.1 Å². The fourth-order valence-electron chi connectivity index (χ4n) is 2.77. The van der Waals surface area contributed by atoms with Gasteiger partial charge in [-0.1, -0.05) is 27.7 Å². The zero-order valence-corrected chi connectivity index (χ0v) is 19.2. The topological polar surface area (TPSA) is 96.8 Å². The standard InChI is InChI=1S/C18H30N2O6P2/c1-13(27(21)23-9-17(3,4)10-24-27)15-7-20-16(8-19-15)14(2)28(22)25-11-18(5,6)12-26-28/h7-8,13-14H,9-12H2,1-6H3. The molecule has 1 aromatic rings. The molecule has 158 valence electrons. The molecular formula is C18H30N2O6P2. The largest absolute Gasteiger partial charge is 0.339 e. The van der Waals surface area contributed by atoms with Crippen molar-refractivity contribution in [2.75, 3.05) is 26.4 Å². The molecule has 0 aliphatic carbocycles. The number of aromatic nitrogens is 2. The highest BCUT2D eigenvalue weighted by molar-refractivity contribution is 7.54. The van der Waals surface area contributed by atoms with E-state index in [2.05, 4.69) is 9.97 Å². The van der Waals surface area contributed by atoms with Gasteiger partial charge in [0.05, 0.1) is 37.8 Å². The Morgan fingerprint density at radius 2 is 1.04 bits per heavy atom. The van der Waals surface area contributed by atoms with Gasteiger partial charge in [-0.15, -0.1) is 0 Å². The lowest BCUT2D eigenvalue weighted by Crippen LogP contribution is -2.30. The number of hydrogen-bond acceptors (Lipinski definition) is 8. The van der Waals surface area contributed by atoms with E-state index < -0.39 is 26.5 Å². The number of rotatable bonds is 4. The predicted octanol–water partition coefficient (Wildman–Crippen LogP) is 5.13. The molecule has 10 heteroatoms. The minimum Gasteiger partial charge on any atom is -0.307 e. The molecule has 2 aliphatic heterocycles. The van der Waals surface area contributed by atoms with Crippen molar-refractivity contribution in [1.82, 2.24) is 9.97 Å². The van der Waals surface area contributed by atoms with Crippen LogP contribution in [-0.2, 0) is 27.2 Å². The normalized spacial score (nSPS) is 27.6. The maximum absolute atomic E-state index is 13.0. The van der Waals surface area contributed by atoms with Crippen LogP contribution >= 0.6 is 15.2 Å². The van der Waals surface area contributed by atoms with Gasteiger partial charge in [0.2, 0.25) is 0 Å². The molecule has 2 aliphatic rings. The summed E-state index contributed by atoms with van der Waals surface area (Å²) in [5.41, 5.74) is -0.412. The third kappa shape index (κ3) is 4.58. The Balaban J connectivity index is 1.71. The molecule has 2 atom stereocenters. The van der Waals surface area contributed by atoms with Crippen LogP contribution in [0.3, 0.4) is 0 Å². The summed E-state index contributed by atoms with van der Waals surface area (Å²) < 4.78 is 48.4. The molecule has 2 unspecified atom stereocenters. The van der Waals surface area contributed by atoms with E-state index >= 15 is 0 Å².